The van der Waals surface area contributed by atoms with E-state index < -0.39 is 11.9 Å². The van der Waals surface area contributed by atoms with Gasteiger partial charge in [-0.1, -0.05) is 18.2 Å². The van der Waals surface area contributed by atoms with Gasteiger partial charge in [0, 0.05) is 24.7 Å². The van der Waals surface area contributed by atoms with E-state index in [0.717, 1.165) is 0 Å². The number of methoxy groups -OCH3 is 1. The number of allylic oxidation sites excluding steroid dienone is 2. The molecule has 8 nitrogen and oxygen atoms in total. The molecule has 8 heteroatoms. The zero-order chi connectivity index (χ0) is 24.7. The van der Waals surface area contributed by atoms with Crippen LogP contribution in [0.3, 0.4) is 0 Å². The van der Waals surface area contributed by atoms with Gasteiger partial charge in [0.1, 0.15) is 11.5 Å². The quantitative estimate of drug-likeness (QED) is 0.285. The van der Waals surface area contributed by atoms with Crippen molar-refractivity contribution in [3.05, 3.63) is 60.2 Å². The molecule has 0 unspecified atom stereocenters. The Kier molecular flexibility index (Phi) is 5.88. The molecule has 0 saturated carbocycles. The predicted octanol–water partition coefficient (Wildman–Crippen LogP) is 3.42. The molecule has 0 aromatic heterocycles. The third-order valence-electron chi connectivity index (χ3n) is 6.96. The summed E-state index contributed by atoms with van der Waals surface area (Å²) in [5.41, 5.74) is 1.83. The van der Waals surface area contributed by atoms with Crippen LogP contribution in [0.4, 0.5) is 11.4 Å². The number of imide groups is 1. The first kappa shape index (κ1) is 22.8. The van der Waals surface area contributed by atoms with E-state index in [-0.39, 0.29) is 42.5 Å². The molecule has 2 aromatic carbocycles. The molecule has 3 aliphatic rings. The zero-order valence-electron chi connectivity index (χ0n) is 19.6. The summed E-state index contributed by atoms with van der Waals surface area (Å²) in [6.45, 7) is 1.99. The lowest BCUT2D eigenvalue weighted by Crippen LogP contribution is -2.31. The van der Waals surface area contributed by atoms with E-state index in [9.17, 15) is 19.2 Å². The van der Waals surface area contributed by atoms with Crippen molar-refractivity contribution >= 4 is 35.1 Å². The number of carbonyl (C=O) groups excluding carboxylic acids is 4. The molecule has 0 spiro atoms. The number of nitrogens with zero attached hydrogens (tertiary/aromatic N) is 2. The molecule has 0 radical (unpaired) electrons. The number of benzene rings is 2. The van der Waals surface area contributed by atoms with Gasteiger partial charge in [-0.15, -0.1) is 0 Å². The van der Waals surface area contributed by atoms with Gasteiger partial charge in [-0.3, -0.25) is 19.2 Å². The largest absolute Gasteiger partial charge is 0.497 e. The number of aryl methyl sites for hydroxylation is 1. The van der Waals surface area contributed by atoms with Crippen molar-refractivity contribution in [3.8, 4) is 11.5 Å². The van der Waals surface area contributed by atoms with E-state index in [1.807, 2.05) is 12.2 Å². The fraction of sp³-hybridized carbons (Fsp3) is 0.333. The van der Waals surface area contributed by atoms with Crippen molar-refractivity contribution in [1.29, 1.82) is 0 Å². The van der Waals surface area contributed by atoms with Gasteiger partial charge in [-0.2, -0.15) is 0 Å². The maximum Gasteiger partial charge on any atom is 0.316 e. The molecule has 180 valence electrons. The summed E-state index contributed by atoms with van der Waals surface area (Å²) >= 11 is 0. The standard InChI is InChI=1S/C27H26N2O6/c1-16-12-20(10-11-23(16)29-25(31)21-8-3-4-9-22(21)26(29)32)35-27(33)17-13-24(30)28(15-17)18-6-5-7-19(14-18)34-2/h3-7,10-12,14,17,21-22H,8-9,13,15H2,1-2H3/t17-,21-,22-/m1/s1. The molecule has 2 aromatic rings. The molecule has 35 heavy (non-hydrogen) atoms. The lowest BCUT2D eigenvalue weighted by atomic mass is 9.85. The van der Waals surface area contributed by atoms with Crippen molar-refractivity contribution < 1.29 is 28.7 Å². The number of ether oxygens (including phenoxy) is 2. The molecular formula is C27H26N2O6. The summed E-state index contributed by atoms with van der Waals surface area (Å²) in [4.78, 5) is 54.0. The van der Waals surface area contributed by atoms with Crippen molar-refractivity contribution in [2.45, 2.75) is 26.2 Å². The zero-order valence-corrected chi connectivity index (χ0v) is 19.6. The summed E-state index contributed by atoms with van der Waals surface area (Å²) < 4.78 is 10.8. The summed E-state index contributed by atoms with van der Waals surface area (Å²) in [7, 11) is 1.55. The van der Waals surface area contributed by atoms with Gasteiger partial charge in [0.25, 0.3) is 0 Å². The van der Waals surface area contributed by atoms with Crippen molar-refractivity contribution in [1.82, 2.24) is 0 Å². The van der Waals surface area contributed by atoms with Crippen LogP contribution in [0.5, 0.6) is 11.5 Å². The van der Waals surface area contributed by atoms with Gasteiger partial charge < -0.3 is 14.4 Å². The van der Waals surface area contributed by atoms with Gasteiger partial charge in [0.15, 0.2) is 0 Å². The van der Waals surface area contributed by atoms with Crippen LogP contribution >= 0.6 is 0 Å². The van der Waals surface area contributed by atoms with Crippen LogP contribution in [0.1, 0.15) is 24.8 Å². The molecule has 2 heterocycles. The van der Waals surface area contributed by atoms with Crippen molar-refractivity contribution in [2.75, 3.05) is 23.5 Å². The first-order valence-corrected chi connectivity index (χ1v) is 11.7. The van der Waals surface area contributed by atoms with E-state index in [0.29, 0.717) is 41.3 Å². The second kappa shape index (κ2) is 9.02. The normalized spacial score (nSPS) is 23.6. The van der Waals surface area contributed by atoms with Crippen LogP contribution in [0.15, 0.2) is 54.6 Å². The Morgan fingerprint density at radius 2 is 1.66 bits per heavy atom. The highest BCUT2D eigenvalue weighted by Crippen LogP contribution is 2.39. The average Bonchev–Trinajstić information content (AvgIpc) is 3.37. The van der Waals surface area contributed by atoms with Crippen molar-refractivity contribution in [3.63, 3.8) is 0 Å². The Bertz CT molecular complexity index is 1230. The van der Waals surface area contributed by atoms with Crippen LogP contribution in [0.25, 0.3) is 0 Å². The lowest BCUT2D eigenvalue weighted by molar-refractivity contribution is -0.139. The lowest BCUT2D eigenvalue weighted by Gasteiger charge is -2.19. The van der Waals surface area contributed by atoms with E-state index in [1.165, 1.54) is 4.90 Å². The number of hydrogen-bond acceptors (Lipinski definition) is 6. The van der Waals surface area contributed by atoms with Gasteiger partial charge in [-0.05, 0) is 55.7 Å². The van der Waals surface area contributed by atoms with E-state index in [4.69, 9.17) is 9.47 Å². The highest BCUT2D eigenvalue weighted by molar-refractivity contribution is 6.22. The number of fused-ring (bicyclic) bond motifs is 1. The minimum Gasteiger partial charge on any atom is -0.497 e. The number of esters is 1. The summed E-state index contributed by atoms with van der Waals surface area (Å²) in [6, 6.07) is 12.0. The molecule has 2 saturated heterocycles. The summed E-state index contributed by atoms with van der Waals surface area (Å²) in [5.74, 6) is -1.31. The summed E-state index contributed by atoms with van der Waals surface area (Å²) in [6.07, 6.45) is 5.12. The highest BCUT2D eigenvalue weighted by atomic mass is 16.5. The Morgan fingerprint density at radius 1 is 0.943 bits per heavy atom. The van der Waals surface area contributed by atoms with Gasteiger partial charge >= 0.3 is 5.97 Å². The third-order valence-corrected chi connectivity index (χ3v) is 6.96. The number of hydrogen-bond donors (Lipinski definition) is 0. The molecule has 5 rings (SSSR count). The van der Waals surface area contributed by atoms with Crippen LogP contribution in [0, 0.1) is 24.7 Å². The third kappa shape index (κ3) is 4.09. The van der Waals surface area contributed by atoms with Gasteiger partial charge in [0.2, 0.25) is 17.7 Å². The molecular weight excluding hydrogens is 448 g/mol. The van der Waals surface area contributed by atoms with Gasteiger partial charge in [0.05, 0.1) is 30.6 Å². The van der Waals surface area contributed by atoms with E-state index >= 15 is 0 Å². The van der Waals surface area contributed by atoms with Crippen LogP contribution < -0.4 is 19.3 Å². The number of carbonyl (C=O) groups is 4. The molecule has 2 aliphatic heterocycles. The Balaban J connectivity index is 1.28. The fourth-order valence-corrected chi connectivity index (χ4v) is 5.07. The first-order valence-electron chi connectivity index (χ1n) is 11.7. The number of rotatable bonds is 5. The van der Waals surface area contributed by atoms with Gasteiger partial charge in [-0.25, -0.2) is 4.90 Å². The van der Waals surface area contributed by atoms with Crippen LogP contribution in [0.2, 0.25) is 0 Å². The number of anilines is 2. The minimum absolute atomic E-state index is 0.0563. The second-order valence-electron chi connectivity index (χ2n) is 9.14. The monoisotopic (exact) mass is 474 g/mol. The second-order valence-corrected chi connectivity index (χ2v) is 9.14. The molecule has 2 fully saturated rings. The molecule has 3 atom stereocenters. The Hall–Kier alpha value is -3.94. The first-order chi connectivity index (χ1) is 16.9. The highest BCUT2D eigenvalue weighted by Gasteiger charge is 2.48. The SMILES string of the molecule is COc1cccc(N2C[C@H](C(=O)Oc3ccc(N4C(=O)[C@@H]5CC=CC[C@H]5C4=O)c(C)c3)CC2=O)c1. The maximum atomic E-state index is 12.9. The maximum absolute atomic E-state index is 12.9. The Morgan fingerprint density at radius 3 is 2.31 bits per heavy atom. The minimum atomic E-state index is -0.606. The van der Waals surface area contributed by atoms with Crippen molar-refractivity contribution in [2.24, 2.45) is 17.8 Å². The van der Waals surface area contributed by atoms with Crippen LogP contribution in [-0.4, -0.2) is 37.3 Å². The van der Waals surface area contributed by atoms with E-state index in [2.05, 4.69) is 0 Å². The molecule has 3 amide bonds. The average molecular weight is 475 g/mol. The van der Waals surface area contributed by atoms with E-state index in [1.54, 1.807) is 61.4 Å². The summed E-state index contributed by atoms with van der Waals surface area (Å²) in [5, 5.41) is 0. The predicted molar refractivity (Wildman–Crippen MR) is 128 cm³/mol. The smallest absolute Gasteiger partial charge is 0.316 e. The topological polar surface area (TPSA) is 93.2 Å². The van der Waals surface area contributed by atoms with Crippen LogP contribution in [-0.2, 0) is 19.2 Å². The molecule has 0 bridgehead atoms. The molecule has 1 aliphatic carbocycles. The number of amides is 3. The Labute approximate surface area is 203 Å². The molecule has 0 N–H and O–H groups in total. The fourth-order valence-electron chi connectivity index (χ4n) is 5.07.